The van der Waals surface area contributed by atoms with E-state index in [1.165, 1.54) is 0 Å². The first kappa shape index (κ1) is 6.45. The summed E-state index contributed by atoms with van der Waals surface area (Å²) in [5.74, 6) is 0. The molecule has 0 aromatic rings. The van der Waals surface area contributed by atoms with Crippen molar-refractivity contribution in [3.05, 3.63) is 12.4 Å². The molecule has 1 aliphatic heterocycles. The number of rotatable bonds is 3. The molecule has 3 heteroatoms. The minimum absolute atomic E-state index is 0.691. The highest BCUT2D eigenvalue weighted by atomic mass is 16.5. The van der Waals surface area contributed by atoms with Crippen molar-refractivity contribution >= 4 is 6.34 Å². The number of hydrogen-bond acceptors (Lipinski definition) is 2. The molecule has 0 aromatic carbocycles. The average molecular weight is 127 g/mol. The fourth-order valence-corrected chi connectivity index (χ4v) is 0.626. The lowest BCUT2D eigenvalue weighted by atomic mass is 10.8. The van der Waals surface area contributed by atoms with Crippen molar-refractivity contribution in [2.75, 3.05) is 13.3 Å². The third-order valence-electron chi connectivity index (χ3n) is 1.09. The second-order valence-corrected chi connectivity index (χ2v) is 1.81. The first-order chi connectivity index (χ1) is 4.43. The van der Waals surface area contributed by atoms with Crippen molar-refractivity contribution in [3.63, 3.8) is 0 Å². The van der Waals surface area contributed by atoms with Gasteiger partial charge in [-0.2, -0.15) is 0 Å². The summed E-state index contributed by atoms with van der Waals surface area (Å²) >= 11 is 0. The van der Waals surface area contributed by atoms with Gasteiger partial charge in [-0.15, -0.1) is 0 Å². The Hall–Kier alpha value is -0.670. The standard InChI is InChI=1S/C6H10N2O/c1-2-9-6-8-4-3-7-5-8/h3-5H,2,6H2,1H3/p+1. The van der Waals surface area contributed by atoms with Crippen LogP contribution in [0.4, 0.5) is 0 Å². The molecule has 1 aliphatic rings. The molecule has 0 saturated carbocycles. The van der Waals surface area contributed by atoms with Crippen LogP contribution in [0.1, 0.15) is 6.92 Å². The molecule has 0 bridgehead atoms. The van der Waals surface area contributed by atoms with E-state index in [1.54, 1.807) is 6.20 Å². The molecule has 0 amide bonds. The fraction of sp³-hybridized carbons (Fsp3) is 0.500. The fourth-order valence-electron chi connectivity index (χ4n) is 0.626. The molecule has 9 heavy (non-hydrogen) atoms. The molecule has 0 spiro atoms. The van der Waals surface area contributed by atoms with Gasteiger partial charge >= 0.3 is 0 Å². The van der Waals surface area contributed by atoms with Gasteiger partial charge in [-0.05, 0) is 6.92 Å². The maximum atomic E-state index is 5.14. The van der Waals surface area contributed by atoms with Crippen LogP contribution in [0.2, 0.25) is 0 Å². The molecule has 0 aliphatic carbocycles. The largest absolute Gasteiger partial charge is 0.331 e. The Bertz CT molecular complexity index is 119. The van der Waals surface area contributed by atoms with E-state index in [1.807, 2.05) is 19.5 Å². The maximum absolute atomic E-state index is 5.14. The molecule has 1 heterocycles. The van der Waals surface area contributed by atoms with Crippen LogP contribution in [0.25, 0.3) is 0 Å². The molecule has 50 valence electrons. The highest BCUT2D eigenvalue weighted by molar-refractivity contribution is 5.47. The van der Waals surface area contributed by atoms with Gasteiger partial charge in [0.05, 0.1) is 6.20 Å². The van der Waals surface area contributed by atoms with E-state index in [9.17, 15) is 0 Å². The van der Waals surface area contributed by atoms with Crippen molar-refractivity contribution in [2.24, 2.45) is 4.99 Å². The highest BCUT2D eigenvalue weighted by Gasteiger charge is 2.02. The summed E-state index contributed by atoms with van der Waals surface area (Å²) in [6.45, 7) is 3.44. The minimum atomic E-state index is 0.691. The topological polar surface area (TPSA) is 26.0 Å². The van der Waals surface area contributed by atoms with E-state index in [0.29, 0.717) is 6.73 Å². The molecule has 3 nitrogen and oxygen atoms in total. The third kappa shape index (κ3) is 1.95. The van der Waals surface area contributed by atoms with Crippen molar-refractivity contribution < 1.29 is 9.64 Å². The van der Waals surface area contributed by atoms with E-state index < -0.39 is 0 Å². The summed E-state index contributed by atoms with van der Waals surface area (Å²) in [6, 6.07) is 0. The lowest BCUT2D eigenvalue weighted by Gasteiger charge is -2.02. The number of nitrogens with one attached hydrogen (secondary N) is 1. The van der Waals surface area contributed by atoms with Gasteiger partial charge in [-0.25, -0.2) is 9.89 Å². The summed E-state index contributed by atoms with van der Waals surface area (Å²) in [5, 5.41) is 0. The van der Waals surface area contributed by atoms with Gasteiger partial charge in [-0.3, -0.25) is 0 Å². The Morgan fingerprint density at radius 3 is 3.11 bits per heavy atom. The zero-order valence-electron chi connectivity index (χ0n) is 5.50. The van der Waals surface area contributed by atoms with E-state index >= 15 is 0 Å². The van der Waals surface area contributed by atoms with Crippen molar-refractivity contribution in [2.45, 2.75) is 6.92 Å². The summed E-state index contributed by atoms with van der Waals surface area (Å²) < 4.78 is 5.14. The summed E-state index contributed by atoms with van der Waals surface area (Å²) in [7, 11) is 0. The lowest BCUT2D eigenvalue weighted by Crippen LogP contribution is -3.05. The van der Waals surface area contributed by atoms with Gasteiger partial charge in [0.25, 0.3) is 0 Å². The van der Waals surface area contributed by atoms with Gasteiger partial charge < -0.3 is 4.74 Å². The molecule has 0 radical (unpaired) electrons. The van der Waals surface area contributed by atoms with Crippen LogP contribution in [0.15, 0.2) is 17.4 Å². The third-order valence-corrected chi connectivity index (χ3v) is 1.09. The average Bonchev–Trinajstić information content (AvgIpc) is 2.34. The molecule has 0 fully saturated rings. The van der Waals surface area contributed by atoms with Crippen molar-refractivity contribution in [1.82, 2.24) is 0 Å². The smallest absolute Gasteiger partial charge is 0.195 e. The zero-order valence-corrected chi connectivity index (χ0v) is 5.50. The van der Waals surface area contributed by atoms with E-state index in [-0.39, 0.29) is 0 Å². The van der Waals surface area contributed by atoms with Crippen LogP contribution in [-0.2, 0) is 4.74 Å². The highest BCUT2D eigenvalue weighted by Crippen LogP contribution is 1.71. The first-order valence-corrected chi connectivity index (χ1v) is 3.07. The van der Waals surface area contributed by atoms with Gasteiger partial charge in [0.15, 0.2) is 13.1 Å². The Morgan fingerprint density at radius 1 is 1.67 bits per heavy atom. The normalized spacial score (nSPS) is 23.4. The summed E-state index contributed by atoms with van der Waals surface area (Å²) in [5.41, 5.74) is 0. The molecular weight excluding hydrogens is 116 g/mol. The maximum Gasteiger partial charge on any atom is 0.195 e. The van der Waals surface area contributed by atoms with Crippen LogP contribution in [-0.4, -0.2) is 19.7 Å². The van der Waals surface area contributed by atoms with Gasteiger partial charge in [0.2, 0.25) is 0 Å². The molecule has 0 aromatic heterocycles. The molecule has 1 atom stereocenters. The van der Waals surface area contributed by atoms with Gasteiger partial charge in [0, 0.05) is 6.61 Å². The van der Waals surface area contributed by atoms with Crippen LogP contribution < -0.4 is 4.90 Å². The monoisotopic (exact) mass is 127 g/mol. The second-order valence-electron chi connectivity index (χ2n) is 1.81. The van der Waals surface area contributed by atoms with Crippen LogP contribution in [0, 0.1) is 0 Å². The number of nitrogens with zero attached hydrogens (tertiary/aromatic N) is 1. The number of hydrogen-bond donors (Lipinski definition) is 1. The number of ether oxygens (including phenoxy) is 1. The van der Waals surface area contributed by atoms with Crippen LogP contribution in [0.3, 0.4) is 0 Å². The Morgan fingerprint density at radius 2 is 2.56 bits per heavy atom. The van der Waals surface area contributed by atoms with E-state index in [0.717, 1.165) is 11.5 Å². The van der Waals surface area contributed by atoms with E-state index in [4.69, 9.17) is 4.74 Å². The van der Waals surface area contributed by atoms with Crippen LogP contribution in [0.5, 0.6) is 0 Å². The van der Waals surface area contributed by atoms with Crippen molar-refractivity contribution in [3.8, 4) is 0 Å². The Kier molecular flexibility index (Phi) is 2.42. The molecule has 1 rings (SSSR count). The lowest BCUT2D eigenvalue weighted by molar-refractivity contribution is -0.764. The van der Waals surface area contributed by atoms with Crippen LogP contribution >= 0.6 is 0 Å². The molecular formula is C6H11N2O+. The SMILES string of the molecule is CCOC[NH+]1C=CN=C1. The molecule has 1 unspecified atom stereocenters. The predicted molar refractivity (Wildman–Crippen MR) is 35.1 cm³/mol. The quantitative estimate of drug-likeness (QED) is 0.537. The Balaban J connectivity index is 2.13. The molecule has 1 N–H and O–H groups in total. The summed E-state index contributed by atoms with van der Waals surface area (Å²) in [6.07, 6.45) is 5.54. The van der Waals surface area contributed by atoms with Crippen molar-refractivity contribution in [1.29, 1.82) is 0 Å². The zero-order chi connectivity index (χ0) is 6.53. The minimum Gasteiger partial charge on any atom is -0.331 e. The van der Waals surface area contributed by atoms with E-state index in [2.05, 4.69) is 4.99 Å². The van der Waals surface area contributed by atoms with Gasteiger partial charge in [0.1, 0.15) is 6.20 Å². The predicted octanol–water partition coefficient (Wildman–Crippen LogP) is -0.622. The van der Waals surface area contributed by atoms with Gasteiger partial charge in [-0.1, -0.05) is 0 Å². The summed E-state index contributed by atoms with van der Waals surface area (Å²) in [4.78, 5) is 5.04. The number of quaternary nitrogens is 1. The Labute approximate surface area is 54.6 Å². The second kappa shape index (κ2) is 3.37. The number of aliphatic imine (C=N–C) groups is 1. The first-order valence-electron chi connectivity index (χ1n) is 3.07. The molecule has 0 saturated heterocycles.